The van der Waals surface area contributed by atoms with Crippen LogP contribution in [-0.4, -0.2) is 8.42 Å². The van der Waals surface area contributed by atoms with Crippen LogP contribution in [0.25, 0.3) is 16.2 Å². The van der Waals surface area contributed by atoms with Crippen LogP contribution in [0.15, 0.2) is 59.3 Å². The molecule has 0 atom stereocenters. The Morgan fingerprint density at radius 3 is 2.59 bits per heavy atom. The highest BCUT2D eigenvalue weighted by Crippen LogP contribution is 2.24. The molecule has 3 rings (SSSR count). The van der Waals surface area contributed by atoms with Gasteiger partial charge in [-0.05, 0) is 58.8 Å². The van der Waals surface area contributed by atoms with Crippen LogP contribution < -0.4 is 4.72 Å². The van der Waals surface area contributed by atoms with Crippen molar-refractivity contribution in [1.82, 2.24) is 0 Å². The molecule has 3 nitrogen and oxygen atoms in total. The number of thiophene rings is 1. The summed E-state index contributed by atoms with van der Waals surface area (Å²) in [5.41, 5.74) is 1.31. The van der Waals surface area contributed by atoms with E-state index >= 15 is 0 Å². The Morgan fingerprint density at radius 1 is 1.05 bits per heavy atom. The maximum atomic E-state index is 12.1. The summed E-state index contributed by atoms with van der Waals surface area (Å²) in [6, 6.07) is 14.4. The number of benzene rings is 2. The molecule has 0 aliphatic rings. The molecule has 0 amide bonds. The van der Waals surface area contributed by atoms with Gasteiger partial charge in [-0.25, -0.2) is 8.42 Å². The summed E-state index contributed by atoms with van der Waals surface area (Å²) in [6.45, 7) is 0. The predicted molar refractivity (Wildman–Crippen MR) is 94.9 cm³/mol. The van der Waals surface area contributed by atoms with Crippen LogP contribution in [-0.2, 0) is 10.0 Å². The molecule has 0 saturated heterocycles. The first kappa shape index (κ1) is 15.1. The standard InChI is InChI=1S/C16H12ClNO2S2/c17-14-3-1-12(2-4-14)8-10-22(19,20)18-15-5-6-16-13(11-15)7-9-21-16/h1-11,18H/b10-8+. The SMILES string of the molecule is O=S(=O)(/C=C/c1ccc(Cl)cc1)Nc1ccc2sccc2c1. The van der Waals surface area contributed by atoms with E-state index in [-0.39, 0.29) is 0 Å². The molecule has 1 N–H and O–H groups in total. The van der Waals surface area contributed by atoms with Crippen LogP contribution in [0.4, 0.5) is 5.69 Å². The quantitative estimate of drug-likeness (QED) is 0.723. The monoisotopic (exact) mass is 349 g/mol. The van der Waals surface area contributed by atoms with Crippen molar-refractivity contribution >= 4 is 54.8 Å². The normalized spacial score (nSPS) is 12.0. The van der Waals surface area contributed by atoms with Crippen molar-refractivity contribution in [3.05, 3.63) is 69.9 Å². The van der Waals surface area contributed by atoms with Gasteiger partial charge >= 0.3 is 0 Å². The van der Waals surface area contributed by atoms with Gasteiger partial charge in [0.05, 0.1) is 5.41 Å². The van der Waals surface area contributed by atoms with Gasteiger partial charge in [0.2, 0.25) is 0 Å². The summed E-state index contributed by atoms with van der Waals surface area (Å²) in [7, 11) is -3.55. The minimum absolute atomic E-state index is 0.548. The second kappa shape index (κ2) is 6.12. The molecule has 1 heterocycles. The Kier molecular flexibility index (Phi) is 4.20. The number of sulfonamides is 1. The lowest BCUT2D eigenvalue weighted by Crippen LogP contribution is -2.08. The third-order valence-corrected chi connectivity index (χ3v) is 5.19. The first-order chi connectivity index (χ1) is 10.5. The van der Waals surface area contributed by atoms with E-state index in [9.17, 15) is 8.42 Å². The zero-order chi connectivity index (χ0) is 15.6. The molecular weight excluding hydrogens is 338 g/mol. The summed E-state index contributed by atoms with van der Waals surface area (Å²) in [6.07, 6.45) is 1.53. The number of anilines is 1. The molecule has 0 aliphatic heterocycles. The summed E-state index contributed by atoms with van der Waals surface area (Å²) in [5.74, 6) is 0. The first-order valence-electron chi connectivity index (χ1n) is 6.46. The van der Waals surface area contributed by atoms with E-state index in [1.165, 1.54) is 6.08 Å². The topological polar surface area (TPSA) is 46.2 Å². The third-order valence-electron chi connectivity index (χ3n) is 3.02. The highest BCUT2D eigenvalue weighted by molar-refractivity contribution is 7.95. The van der Waals surface area contributed by atoms with Gasteiger partial charge in [0.15, 0.2) is 0 Å². The highest BCUT2D eigenvalue weighted by atomic mass is 35.5. The molecular formula is C16H12ClNO2S2. The van der Waals surface area contributed by atoms with Gasteiger partial charge in [0.25, 0.3) is 10.0 Å². The molecule has 22 heavy (non-hydrogen) atoms. The first-order valence-corrected chi connectivity index (χ1v) is 9.26. The summed E-state index contributed by atoms with van der Waals surface area (Å²) < 4.78 is 27.9. The third kappa shape index (κ3) is 3.68. The van der Waals surface area contributed by atoms with Crippen molar-refractivity contribution < 1.29 is 8.42 Å². The molecule has 0 bridgehead atoms. The fourth-order valence-electron chi connectivity index (χ4n) is 1.97. The molecule has 6 heteroatoms. The molecule has 0 fully saturated rings. The minimum atomic E-state index is -3.55. The van der Waals surface area contributed by atoms with Crippen molar-refractivity contribution in [3.63, 3.8) is 0 Å². The molecule has 0 aliphatic carbocycles. The second-order valence-electron chi connectivity index (χ2n) is 4.67. The van der Waals surface area contributed by atoms with Crippen molar-refractivity contribution in [2.24, 2.45) is 0 Å². The summed E-state index contributed by atoms with van der Waals surface area (Å²) in [5, 5.41) is 4.76. The van der Waals surface area contributed by atoms with Gasteiger partial charge in [-0.3, -0.25) is 4.72 Å². The smallest absolute Gasteiger partial charge is 0.255 e. The Labute approximate surface area is 137 Å². The Bertz CT molecular complexity index is 928. The van der Waals surface area contributed by atoms with E-state index in [4.69, 9.17) is 11.6 Å². The van der Waals surface area contributed by atoms with Gasteiger partial charge < -0.3 is 0 Å². The molecule has 3 aromatic rings. The van der Waals surface area contributed by atoms with Gasteiger partial charge in [-0.2, -0.15) is 0 Å². The van der Waals surface area contributed by atoms with E-state index in [0.29, 0.717) is 10.7 Å². The fourth-order valence-corrected chi connectivity index (χ4v) is 3.73. The molecule has 0 unspecified atom stereocenters. The van der Waals surface area contributed by atoms with Crippen LogP contribution in [0.1, 0.15) is 5.56 Å². The average Bonchev–Trinajstić information content (AvgIpc) is 2.94. The van der Waals surface area contributed by atoms with E-state index in [1.807, 2.05) is 23.6 Å². The molecule has 0 radical (unpaired) electrons. The number of halogens is 1. The van der Waals surface area contributed by atoms with Crippen LogP contribution in [0, 0.1) is 0 Å². The Hall–Kier alpha value is -1.82. The maximum Gasteiger partial charge on any atom is 0.255 e. The van der Waals surface area contributed by atoms with Gasteiger partial charge in [-0.1, -0.05) is 23.7 Å². The second-order valence-corrected chi connectivity index (χ2v) is 7.63. The summed E-state index contributed by atoms with van der Waals surface area (Å²) >= 11 is 7.41. The molecule has 0 saturated carbocycles. The predicted octanol–water partition coefficient (Wildman–Crippen LogP) is 4.97. The number of rotatable bonds is 4. The van der Waals surface area contributed by atoms with E-state index < -0.39 is 10.0 Å². The molecule has 2 aromatic carbocycles. The lowest BCUT2D eigenvalue weighted by Gasteiger charge is -2.04. The van der Waals surface area contributed by atoms with Crippen LogP contribution in [0.2, 0.25) is 5.02 Å². The lowest BCUT2D eigenvalue weighted by atomic mass is 10.2. The minimum Gasteiger partial charge on any atom is -0.280 e. The molecule has 112 valence electrons. The van der Waals surface area contributed by atoms with Gasteiger partial charge in [-0.15, -0.1) is 11.3 Å². The molecule has 1 aromatic heterocycles. The fraction of sp³-hybridized carbons (Fsp3) is 0. The van der Waals surface area contributed by atoms with Crippen molar-refractivity contribution in [2.45, 2.75) is 0 Å². The van der Waals surface area contributed by atoms with Crippen LogP contribution in [0.3, 0.4) is 0 Å². The number of hydrogen-bond donors (Lipinski definition) is 1. The molecule has 0 spiro atoms. The van der Waals surface area contributed by atoms with Crippen LogP contribution >= 0.6 is 22.9 Å². The average molecular weight is 350 g/mol. The highest BCUT2D eigenvalue weighted by Gasteiger charge is 2.06. The van der Waals surface area contributed by atoms with E-state index in [0.717, 1.165) is 21.1 Å². The van der Waals surface area contributed by atoms with E-state index in [1.54, 1.807) is 41.7 Å². The zero-order valence-electron chi connectivity index (χ0n) is 11.4. The Morgan fingerprint density at radius 2 is 1.82 bits per heavy atom. The number of fused-ring (bicyclic) bond motifs is 1. The van der Waals surface area contributed by atoms with Crippen molar-refractivity contribution in [2.75, 3.05) is 4.72 Å². The lowest BCUT2D eigenvalue weighted by molar-refractivity contribution is 0.609. The van der Waals surface area contributed by atoms with Gasteiger partial charge in [0.1, 0.15) is 0 Å². The van der Waals surface area contributed by atoms with Gasteiger partial charge in [0, 0.05) is 15.4 Å². The Balaban J connectivity index is 1.79. The van der Waals surface area contributed by atoms with Crippen molar-refractivity contribution in [1.29, 1.82) is 0 Å². The van der Waals surface area contributed by atoms with E-state index in [2.05, 4.69) is 4.72 Å². The largest absolute Gasteiger partial charge is 0.280 e. The van der Waals surface area contributed by atoms with Crippen molar-refractivity contribution in [3.8, 4) is 0 Å². The zero-order valence-corrected chi connectivity index (χ0v) is 13.8. The maximum absolute atomic E-state index is 12.1. The number of nitrogens with one attached hydrogen (secondary N) is 1. The number of hydrogen-bond acceptors (Lipinski definition) is 3. The van der Waals surface area contributed by atoms with Crippen LogP contribution in [0.5, 0.6) is 0 Å². The summed E-state index contributed by atoms with van der Waals surface area (Å²) in [4.78, 5) is 0.